The molecule has 55 heavy (non-hydrogen) atoms. The van der Waals surface area contributed by atoms with Gasteiger partial charge in [-0.3, -0.25) is 0 Å². The summed E-state index contributed by atoms with van der Waals surface area (Å²) in [5.74, 6) is 0.695. The van der Waals surface area contributed by atoms with Crippen LogP contribution < -0.4 is 0 Å². The molecule has 0 saturated heterocycles. The Kier molecular flexibility index (Phi) is 7.14. The smallest absolute Gasteiger partial charge is 0.160 e. The lowest BCUT2D eigenvalue weighted by Gasteiger charge is -2.14. The molecule has 0 radical (unpaired) electrons. The average Bonchev–Trinajstić information content (AvgIpc) is 3.66. The number of aromatic nitrogens is 3. The second kappa shape index (κ2) is 12.6. The Hall–Kier alpha value is -7.43. The van der Waals surface area contributed by atoms with E-state index < -0.39 is 0 Å². The van der Waals surface area contributed by atoms with Crippen molar-refractivity contribution in [2.45, 2.75) is 0 Å². The molecule has 4 nitrogen and oxygen atoms in total. The highest BCUT2D eigenvalue weighted by atomic mass is 16.3. The fourth-order valence-electron chi connectivity index (χ4n) is 7.99. The highest BCUT2D eigenvalue weighted by Gasteiger charge is 2.22. The maximum Gasteiger partial charge on any atom is 0.160 e. The minimum atomic E-state index is 0.695. The van der Waals surface area contributed by atoms with E-state index in [0.717, 1.165) is 94.1 Å². The van der Waals surface area contributed by atoms with Crippen molar-refractivity contribution in [3.63, 3.8) is 0 Å². The van der Waals surface area contributed by atoms with Crippen molar-refractivity contribution in [1.82, 2.24) is 15.0 Å². The summed E-state index contributed by atoms with van der Waals surface area (Å²) in [7, 11) is 0. The fourth-order valence-corrected chi connectivity index (χ4v) is 7.99. The van der Waals surface area contributed by atoms with Gasteiger partial charge in [0.25, 0.3) is 0 Å². The van der Waals surface area contributed by atoms with Crippen molar-refractivity contribution in [3.8, 4) is 56.3 Å². The zero-order valence-corrected chi connectivity index (χ0v) is 29.6. The molecule has 0 amide bonds. The summed E-state index contributed by atoms with van der Waals surface area (Å²) in [5.41, 5.74) is 11.5. The van der Waals surface area contributed by atoms with Crippen LogP contribution in [-0.4, -0.2) is 15.0 Å². The highest BCUT2D eigenvalue weighted by Crippen LogP contribution is 2.46. The maximum atomic E-state index is 6.80. The molecule has 0 bridgehead atoms. The van der Waals surface area contributed by atoms with E-state index >= 15 is 0 Å². The summed E-state index contributed by atoms with van der Waals surface area (Å²) in [6.45, 7) is 0. The first kappa shape index (κ1) is 31.1. The van der Waals surface area contributed by atoms with Crippen LogP contribution in [0, 0.1) is 0 Å². The van der Waals surface area contributed by atoms with E-state index in [1.54, 1.807) is 0 Å². The monoisotopic (exact) mass is 701 g/mol. The summed E-state index contributed by atoms with van der Waals surface area (Å²) in [6.07, 6.45) is 0. The largest absolute Gasteiger partial charge is 0.455 e. The zero-order chi connectivity index (χ0) is 36.3. The number of nitrogens with zero attached hydrogens (tertiary/aromatic N) is 3. The number of hydrogen-bond acceptors (Lipinski definition) is 4. The van der Waals surface area contributed by atoms with E-state index in [9.17, 15) is 0 Å². The Balaban J connectivity index is 1.14. The van der Waals surface area contributed by atoms with Crippen LogP contribution in [-0.2, 0) is 0 Å². The Labute approximate surface area is 317 Å². The van der Waals surface area contributed by atoms with Crippen LogP contribution >= 0.6 is 0 Å². The molecule has 0 aliphatic heterocycles. The van der Waals surface area contributed by atoms with Gasteiger partial charge in [0.15, 0.2) is 5.82 Å². The van der Waals surface area contributed by atoms with Gasteiger partial charge in [0, 0.05) is 54.7 Å². The van der Waals surface area contributed by atoms with Gasteiger partial charge in [0.2, 0.25) is 0 Å². The predicted molar refractivity (Wildman–Crippen MR) is 227 cm³/mol. The van der Waals surface area contributed by atoms with Gasteiger partial charge in [0.1, 0.15) is 11.2 Å². The molecule has 11 aromatic rings. The molecule has 3 heterocycles. The molecule has 256 valence electrons. The predicted octanol–water partition coefficient (Wildman–Crippen LogP) is 13.6. The van der Waals surface area contributed by atoms with E-state index in [1.807, 2.05) is 42.5 Å². The second-order valence-corrected chi connectivity index (χ2v) is 14.0. The number of furan rings is 1. The van der Waals surface area contributed by atoms with E-state index in [2.05, 4.69) is 146 Å². The van der Waals surface area contributed by atoms with Gasteiger partial charge < -0.3 is 4.42 Å². The molecule has 8 aromatic carbocycles. The third-order valence-electron chi connectivity index (χ3n) is 10.7. The molecule has 4 heteroatoms. The molecule has 0 fully saturated rings. The first-order chi connectivity index (χ1) is 27.2. The Morgan fingerprint density at radius 3 is 1.75 bits per heavy atom. The first-order valence-corrected chi connectivity index (χ1v) is 18.5. The summed E-state index contributed by atoms with van der Waals surface area (Å²) >= 11 is 0. The number of benzene rings is 8. The van der Waals surface area contributed by atoms with Gasteiger partial charge >= 0.3 is 0 Å². The van der Waals surface area contributed by atoms with Gasteiger partial charge in [-0.15, -0.1) is 0 Å². The van der Waals surface area contributed by atoms with Crippen molar-refractivity contribution >= 4 is 54.4 Å². The lowest BCUT2D eigenvalue weighted by molar-refractivity contribution is 0.670. The number of hydrogen-bond donors (Lipinski definition) is 0. The SMILES string of the molecule is c1ccc(-c2cc(-c3ccc(-c4cc5c(-c6ccc7ccccc7c6)nc6ccccc6c5c5c4oc4ccccc45)cc3)nc(-c3ccccc3)n2)cc1. The van der Waals surface area contributed by atoms with Gasteiger partial charge in [-0.25, -0.2) is 15.0 Å². The standard InChI is InChI=1S/C51H31N3O/c1-3-14-34(15-4-1)44-31-45(54-51(53-44)36-16-5-2-6-17-36)35-26-24-33(25-27-35)41-30-42-47(48-40-20-10-12-22-46(40)55-50(41)48)39-19-9-11-21-43(39)52-49(42)38-28-23-32-13-7-8-18-37(32)29-38/h1-31H. The number of fused-ring (bicyclic) bond motifs is 8. The Morgan fingerprint density at radius 2 is 0.964 bits per heavy atom. The third kappa shape index (κ3) is 5.26. The van der Waals surface area contributed by atoms with Gasteiger partial charge in [-0.1, -0.05) is 158 Å². The second-order valence-electron chi connectivity index (χ2n) is 14.0. The van der Waals surface area contributed by atoms with E-state index in [-0.39, 0.29) is 0 Å². The molecule has 0 aliphatic carbocycles. The van der Waals surface area contributed by atoms with Crippen LogP contribution in [0.3, 0.4) is 0 Å². The molecule has 0 aliphatic rings. The third-order valence-corrected chi connectivity index (χ3v) is 10.7. The zero-order valence-electron chi connectivity index (χ0n) is 29.6. The van der Waals surface area contributed by atoms with Crippen molar-refractivity contribution in [2.24, 2.45) is 0 Å². The van der Waals surface area contributed by atoms with Gasteiger partial charge in [-0.2, -0.15) is 0 Å². The van der Waals surface area contributed by atoms with Crippen LogP contribution in [0.5, 0.6) is 0 Å². The summed E-state index contributed by atoms with van der Waals surface area (Å²) < 4.78 is 6.80. The fraction of sp³-hybridized carbons (Fsp3) is 0. The Morgan fingerprint density at radius 1 is 0.364 bits per heavy atom. The van der Waals surface area contributed by atoms with Crippen molar-refractivity contribution in [3.05, 3.63) is 188 Å². The van der Waals surface area contributed by atoms with E-state index in [0.29, 0.717) is 5.82 Å². The molecular formula is C51H31N3O. The minimum Gasteiger partial charge on any atom is -0.455 e. The van der Waals surface area contributed by atoms with E-state index in [1.165, 1.54) is 10.8 Å². The minimum absolute atomic E-state index is 0.695. The maximum absolute atomic E-state index is 6.80. The Bertz CT molecular complexity index is 3180. The van der Waals surface area contributed by atoms with Crippen molar-refractivity contribution < 1.29 is 4.42 Å². The van der Waals surface area contributed by atoms with E-state index in [4.69, 9.17) is 19.4 Å². The number of pyridine rings is 1. The van der Waals surface area contributed by atoms with Gasteiger partial charge in [-0.05, 0) is 46.7 Å². The van der Waals surface area contributed by atoms with Crippen molar-refractivity contribution in [2.75, 3.05) is 0 Å². The summed E-state index contributed by atoms with van der Waals surface area (Å²) in [5, 5.41) is 7.92. The number of rotatable bonds is 5. The molecule has 0 N–H and O–H groups in total. The van der Waals surface area contributed by atoms with Crippen LogP contribution in [0.15, 0.2) is 192 Å². The average molecular weight is 702 g/mol. The van der Waals surface area contributed by atoms with Crippen LogP contribution in [0.25, 0.3) is 111 Å². The molecule has 3 aromatic heterocycles. The summed E-state index contributed by atoms with van der Waals surface area (Å²) in [4.78, 5) is 15.4. The normalized spacial score (nSPS) is 11.6. The molecule has 0 atom stereocenters. The topological polar surface area (TPSA) is 51.8 Å². The lowest BCUT2D eigenvalue weighted by atomic mass is 9.91. The van der Waals surface area contributed by atoms with Crippen LogP contribution in [0.1, 0.15) is 0 Å². The first-order valence-electron chi connectivity index (χ1n) is 18.5. The summed E-state index contributed by atoms with van der Waals surface area (Å²) in [6, 6.07) is 65.4. The lowest BCUT2D eigenvalue weighted by Crippen LogP contribution is -1.96. The molecule has 0 saturated carbocycles. The number of para-hydroxylation sites is 2. The molecule has 0 spiro atoms. The quantitative estimate of drug-likeness (QED) is 0.168. The molecular weight excluding hydrogens is 671 g/mol. The molecule has 0 unspecified atom stereocenters. The van der Waals surface area contributed by atoms with Crippen molar-refractivity contribution in [1.29, 1.82) is 0 Å². The highest BCUT2D eigenvalue weighted by molar-refractivity contribution is 6.30. The van der Waals surface area contributed by atoms with Crippen LogP contribution in [0.4, 0.5) is 0 Å². The van der Waals surface area contributed by atoms with Crippen LogP contribution in [0.2, 0.25) is 0 Å². The van der Waals surface area contributed by atoms with Gasteiger partial charge in [0.05, 0.1) is 22.6 Å². The molecule has 11 rings (SSSR count).